The molecule has 0 bridgehead atoms. The molecule has 3 aromatic rings. The smallest absolute Gasteiger partial charge is 0.253 e. The van der Waals surface area contributed by atoms with Gasteiger partial charge in [0.1, 0.15) is 5.75 Å². The van der Waals surface area contributed by atoms with Gasteiger partial charge in [-0.05, 0) is 43.7 Å². The first-order valence-corrected chi connectivity index (χ1v) is 8.92. The summed E-state index contributed by atoms with van der Waals surface area (Å²) in [4.78, 5) is 0. The van der Waals surface area contributed by atoms with Crippen LogP contribution in [-0.4, -0.2) is 26.7 Å². The molecule has 1 N–H and O–H groups in total. The van der Waals surface area contributed by atoms with Crippen molar-refractivity contribution in [1.29, 1.82) is 5.26 Å². The summed E-state index contributed by atoms with van der Waals surface area (Å²) in [5, 5.41) is 28.6. The van der Waals surface area contributed by atoms with Crippen molar-refractivity contribution in [2.24, 2.45) is 0 Å². The Morgan fingerprint density at radius 3 is 2.68 bits per heavy atom. The first kappa shape index (κ1) is 18.0. The Labute approximate surface area is 163 Å². The van der Waals surface area contributed by atoms with Gasteiger partial charge in [-0.1, -0.05) is 30.3 Å². The van der Waals surface area contributed by atoms with E-state index in [9.17, 15) is 5.11 Å². The molecule has 6 heteroatoms. The molecule has 1 aromatic heterocycles. The molecule has 0 saturated heterocycles. The van der Waals surface area contributed by atoms with Crippen LogP contribution in [0.3, 0.4) is 0 Å². The van der Waals surface area contributed by atoms with E-state index in [-0.39, 0.29) is 12.3 Å². The van der Waals surface area contributed by atoms with Crippen molar-refractivity contribution < 1.29 is 14.6 Å². The fourth-order valence-corrected chi connectivity index (χ4v) is 3.26. The molecule has 0 aliphatic carbocycles. The normalized spacial score (nSPS) is 19.8. The maximum Gasteiger partial charge on any atom is 0.253 e. The van der Waals surface area contributed by atoms with Crippen molar-refractivity contribution in [2.75, 3.05) is 0 Å². The Bertz CT molecular complexity index is 1060. The molecular formula is C22H19N3O3. The Kier molecular flexibility index (Phi) is 4.25. The van der Waals surface area contributed by atoms with Crippen molar-refractivity contribution in [2.45, 2.75) is 31.7 Å². The van der Waals surface area contributed by atoms with Gasteiger partial charge in [-0.3, -0.25) is 0 Å². The lowest BCUT2D eigenvalue weighted by Crippen LogP contribution is -2.61. The van der Waals surface area contributed by atoms with Gasteiger partial charge in [-0.15, -0.1) is 5.10 Å². The largest absolute Gasteiger partial charge is 0.481 e. The Balaban J connectivity index is 1.74. The van der Waals surface area contributed by atoms with Gasteiger partial charge in [0.15, 0.2) is 5.60 Å². The summed E-state index contributed by atoms with van der Waals surface area (Å²) in [6.45, 7) is 3.51. The zero-order chi connectivity index (χ0) is 19.8. The van der Waals surface area contributed by atoms with Gasteiger partial charge < -0.3 is 14.6 Å². The van der Waals surface area contributed by atoms with Crippen LogP contribution in [0.15, 0.2) is 60.8 Å². The zero-order valence-corrected chi connectivity index (χ0v) is 15.6. The molecule has 1 atom stereocenters. The highest BCUT2D eigenvalue weighted by Crippen LogP contribution is 2.42. The second-order valence-corrected chi connectivity index (χ2v) is 7.23. The molecule has 28 heavy (non-hydrogen) atoms. The second kappa shape index (κ2) is 6.63. The summed E-state index contributed by atoms with van der Waals surface area (Å²) in [7, 11) is 0. The number of hydrogen-bond acceptors (Lipinski definition) is 6. The molecule has 2 aromatic carbocycles. The lowest BCUT2D eigenvalue weighted by molar-refractivity contribution is -0.243. The number of benzene rings is 2. The predicted molar refractivity (Wildman–Crippen MR) is 103 cm³/mol. The van der Waals surface area contributed by atoms with Crippen LogP contribution in [0.25, 0.3) is 11.1 Å². The van der Waals surface area contributed by atoms with E-state index in [1.807, 2.05) is 30.3 Å². The minimum absolute atomic E-state index is 0.148. The maximum absolute atomic E-state index is 11.4. The molecule has 2 heterocycles. The van der Waals surface area contributed by atoms with Crippen molar-refractivity contribution in [3.8, 4) is 28.8 Å². The summed E-state index contributed by atoms with van der Waals surface area (Å²) >= 11 is 0. The monoisotopic (exact) mass is 373 g/mol. The van der Waals surface area contributed by atoms with E-state index < -0.39 is 11.4 Å². The molecule has 6 nitrogen and oxygen atoms in total. The van der Waals surface area contributed by atoms with Crippen LogP contribution in [0, 0.1) is 11.3 Å². The Hall–Kier alpha value is -3.43. The number of nitriles is 1. The lowest BCUT2D eigenvalue weighted by atomic mass is 9.86. The quantitative estimate of drug-likeness (QED) is 0.707. The number of hydrogen-bond donors (Lipinski definition) is 1. The van der Waals surface area contributed by atoms with Gasteiger partial charge >= 0.3 is 0 Å². The van der Waals surface area contributed by atoms with Gasteiger partial charge in [0.2, 0.25) is 5.88 Å². The molecular weight excluding hydrogens is 354 g/mol. The molecule has 0 saturated carbocycles. The second-order valence-electron chi connectivity index (χ2n) is 7.23. The highest BCUT2D eigenvalue weighted by molar-refractivity contribution is 5.67. The van der Waals surface area contributed by atoms with E-state index >= 15 is 0 Å². The average Bonchev–Trinajstić information content (AvgIpc) is 2.69. The number of fused-ring (bicyclic) bond motifs is 1. The third-order valence-electron chi connectivity index (χ3n) is 4.96. The van der Waals surface area contributed by atoms with Gasteiger partial charge in [-0.25, -0.2) is 0 Å². The number of aliphatic hydroxyl groups is 1. The molecule has 1 aliphatic rings. The molecule has 1 unspecified atom stereocenters. The summed E-state index contributed by atoms with van der Waals surface area (Å²) in [5.74, 6) is -0.861. The minimum atomic E-state index is -1.70. The fraction of sp³-hybridized carbons (Fsp3) is 0.227. The topological polar surface area (TPSA) is 88.3 Å². The number of rotatable bonds is 3. The molecule has 0 spiro atoms. The van der Waals surface area contributed by atoms with Crippen LogP contribution in [-0.2, 0) is 6.42 Å². The van der Waals surface area contributed by atoms with Crippen LogP contribution in [0.4, 0.5) is 0 Å². The summed E-state index contributed by atoms with van der Waals surface area (Å²) < 4.78 is 12.1. The molecule has 4 rings (SSSR count). The number of ether oxygens (including phenoxy) is 2. The van der Waals surface area contributed by atoms with Crippen molar-refractivity contribution in [3.05, 3.63) is 71.9 Å². The Morgan fingerprint density at radius 2 is 1.93 bits per heavy atom. The van der Waals surface area contributed by atoms with E-state index in [0.717, 1.165) is 11.1 Å². The fourth-order valence-electron chi connectivity index (χ4n) is 3.26. The Morgan fingerprint density at radius 1 is 1.14 bits per heavy atom. The van der Waals surface area contributed by atoms with E-state index in [4.69, 9.17) is 14.7 Å². The van der Waals surface area contributed by atoms with Gasteiger partial charge in [0, 0.05) is 17.5 Å². The molecule has 0 amide bonds. The van der Waals surface area contributed by atoms with E-state index in [2.05, 4.69) is 16.3 Å². The zero-order valence-electron chi connectivity index (χ0n) is 15.6. The average molecular weight is 373 g/mol. The summed E-state index contributed by atoms with van der Waals surface area (Å²) in [6, 6.07) is 18.7. The predicted octanol–water partition coefficient (Wildman–Crippen LogP) is 3.50. The highest BCUT2D eigenvalue weighted by Gasteiger charge is 2.52. The highest BCUT2D eigenvalue weighted by atomic mass is 16.7. The van der Waals surface area contributed by atoms with Crippen molar-refractivity contribution >= 4 is 0 Å². The standard InChI is InChI=1S/C22H19N3O3/c1-21(2)22(26,13-17-12-15(14-23)8-9-19(17)27-21)28-20-18(10-11-24-25-20)16-6-4-3-5-7-16/h3-12,26H,13H2,1-2H3. The molecule has 1 aliphatic heterocycles. The first-order valence-electron chi connectivity index (χ1n) is 8.92. The SMILES string of the molecule is CC1(C)Oc2ccc(C#N)cc2CC1(O)Oc1nnccc1-c1ccccc1. The maximum atomic E-state index is 11.4. The van der Waals surface area contributed by atoms with Crippen LogP contribution in [0.5, 0.6) is 11.6 Å². The third-order valence-corrected chi connectivity index (χ3v) is 4.96. The van der Waals surface area contributed by atoms with Gasteiger partial charge in [0.25, 0.3) is 5.79 Å². The first-order chi connectivity index (χ1) is 13.4. The van der Waals surface area contributed by atoms with Gasteiger partial charge in [-0.2, -0.15) is 10.4 Å². The molecule has 0 radical (unpaired) electrons. The number of aromatic nitrogens is 2. The molecule has 140 valence electrons. The van der Waals surface area contributed by atoms with Crippen LogP contribution < -0.4 is 9.47 Å². The summed E-state index contributed by atoms with van der Waals surface area (Å²) in [5.41, 5.74) is 1.76. The van der Waals surface area contributed by atoms with E-state index in [0.29, 0.717) is 16.9 Å². The van der Waals surface area contributed by atoms with Crippen molar-refractivity contribution in [1.82, 2.24) is 10.2 Å². The van der Waals surface area contributed by atoms with Crippen LogP contribution in [0.2, 0.25) is 0 Å². The minimum Gasteiger partial charge on any atom is -0.481 e. The summed E-state index contributed by atoms with van der Waals surface area (Å²) in [6.07, 6.45) is 1.73. The van der Waals surface area contributed by atoms with Gasteiger partial charge in [0.05, 0.1) is 17.8 Å². The lowest BCUT2D eigenvalue weighted by Gasteiger charge is -2.45. The van der Waals surface area contributed by atoms with Crippen LogP contribution >= 0.6 is 0 Å². The van der Waals surface area contributed by atoms with E-state index in [1.165, 1.54) is 0 Å². The van der Waals surface area contributed by atoms with Crippen LogP contribution in [0.1, 0.15) is 25.0 Å². The molecule has 0 fully saturated rings. The van der Waals surface area contributed by atoms with E-state index in [1.54, 1.807) is 44.3 Å². The number of nitrogens with zero attached hydrogens (tertiary/aromatic N) is 3. The third kappa shape index (κ3) is 3.06. The van der Waals surface area contributed by atoms with Crippen molar-refractivity contribution in [3.63, 3.8) is 0 Å².